The highest BCUT2D eigenvalue weighted by molar-refractivity contribution is 5.87. The number of amides is 2. The zero-order chi connectivity index (χ0) is 19.4. The summed E-state index contributed by atoms with van der Waals surface area (Å²) in [5, 5.41) is 2.73. The molecular formula is C20H29N3O4. The number of nitrogens with zero attached hydrogens (tertiary/aromatic N) is 2. The Labute approximate surface area is 160 Å². The quantitative estimate of drug-likeness (QED) is 0.858. The molecule has 1 saturated heterocycles. The standard InChI is InChI=1S/C20H29N3O4/c1-20(2,3)19(25)21-13-18(24)23-8-6-22(7-9-23)14-15-4-5-16-17(12-15)27-11-10-26-16/h4-5,12H,6-11,13-14H2,1-3H3,(H,21,25). The summed E-state index contributed by atoms with van der Waals surface area (Å²) in [5.74, 6) is 1.49. The highest BCUT2D eigenvalue weighted by atomic mass is 16.6. The maximum absolute atomic E-state index is 12.3. The summed E-state index contributed by atoms with van der Waals surface area (Å²) in [5.41, 5.74) is 0.694. The monoisotopic (exact) mass is 375 g/mol. The second-order valence-electron chi connectivity index (χ2n) is 8.07. The minimum absolute atomic E-state index is 0.0217. The third-order valence-corrected chi connectivity index (χ3v) is 4.82. The highest BCUT2D eigenvalue weighted by Crippen LogP contribution is 2.31. The Bertz CT molecular complexity index is 691. The first-order valence-electron chi connectivity index (χ1n) is 9.50. The van der Waals surface area contributed by atoms with Crippen molar-refractivity contribution < 1.29 is 19.1 Å². The molecule has 0 aromatic heterocycles. The van der Waals surface area contributed by atoms with E-state index in [1.807, 2.05) is 37.8 Å². The summed E-state index contributed by atoms with van der Waals surface area (Å²) in [6.07, 6.45) is 0. The number of piperazine rings is 1. The molecule has 2 aliphatic heterocycles. The lowest BCUT2D eigenvalue weighted by Crippen LogP contribution is -2.51. The Morgan fingerprint density at radius 3 is 2.37 bits per heavy atom. The molecule has 0 aliphatic carbocycles. The maximum Gasteiger partial charge on any atom is 0.242 e. The molecule has 1 aromatic carbocycles. The van der Waals surface area contributed by atoms with Gasteiger partial charge < -0.3 is 19.7 Å². The molecule has 2 amide bonds. The van der Waals surface area contributed by atoms with E-state index in [0.717, 1.165) is 31.1 Å². The number of carbonyl (C=O) groups excluding carboxylic acids is 2. The molecule has 1 aromatic rings. The van der Waals surface area contributed by atoms with Crippen LogP contribution in [0.4, 0.5) is 0 Å². The second-order valence-corrected chi connectivity index (χ2v) is 8.07. The Balaban J connectivity index is 1.45. The Kier molecular flexibility index (Phi) is 5.89. The predicted octanol–water partition coefficient (Wildman–Crippen LogP) is 1.26. The van der Waals surface area contributed by atoms with Gasteiger partial charge in [-0.25, -0.2) is 0 Å². The SMILES string of the molecule is CC(C)(C)C(=O)NCC(=O)N1CCN(Cc2ccc3c(c2)OCCO3)CC1. The lowest BCUT2D eigenvalue weighted by Gasteiger charge is -2.35. The number of nitrogens with one attached hydrogen (secondary N) is 1. The van der Waals surface area contributed by atoms with Crippen LogP contribution in [0.25, 0.3) is 0 Å². The third-order valence-electron chi connectivity index (χ3n) is 4.82. The molecular weight excluding hydrogens is 346 g/mol. The van der Waals surface area contributed by atoms with Crippen LogP contribution in [0.1, 0.15) is 26.3 Å². The number of ether oxygens (including phenoxy) is 2. The molecule has 2 aliphatic rings. The van der Waals surface area contributed by atoms with Crippen molar-refractivity contribution in [1.82, 2.24) is 15.1 Å². The van der Waals surface area contributed by atoms with Crippen molar-refractivity contribution >= 4 is 11.8 Å². The first-order valence-corrected chi connectivity index (χ1v) is 9.50. The van der Waals surface area contributed by atoms with Crippen molar-refractivity contribution in [3.8, 4) is 11.5 Å². The predicted molar refractivity (Wildman–Crippen MR) is 102 cm³/mol. The molecule has 1 fully saturated rings. The van der Waals surface area contributed by atoms with E-state index < -0.39 is 5.41 Å². The van der Waals surface area contributed by atoms with Crippen molar-refractivity contribution in [2.45, 2.75) is 27.3 Å². The largest absolute Gasteiger partial charge is 0.486 e. The van der Waals surface area contributed by atoms with Gasteiger partial charge in [-0.2, -0.15) is 0 Å². The first-order chi connectivity index (χ1) is 12.8. The molecule has 7 nitrogen and oxygen atoms in total. The summed E-state index contributed by atoms with van der Waals surface area (Å²) < 4.78 is 11.2. The van der Waals surface area contributed by atoms with Crippen LogP contribution in [0.2, 0.25) is 0 Å². The minimum Gasteiger partial charge on any atom is -0.486 e. The van der Waals surface area contributed by atoms with Crippen LogP contribution < -0.4 is 14.8 Å². The van der Waals surface area contributed by atoms with Gasteiger partial charge >= 0.3 is 0 Å². The van der Waals surface area contributed by atoms with Crippen LogP contribution in [0, 0.1) is 5.41 Å². The second kappa shape index (κ2) is 8.17. The molecule has 0 unspecified atom stereocenters. The summed E-state index contributed by atoms with van der Waals surface area (Å²) in [4.78, 5) is 28.4. The van der Waals surface area contributed by atoms with E-state index in [-0.39, 0.29) is 18.4 Å². The fraction of sp³-hybridized carbons (Fsp3) is 0.600. The number of hydrogen-bond acceptors (Lipinski definition) is 5. The van der Waals surface area contributed by atoms with Gasteiger partial charge in [0.1, 0.15) is 13.2 Å². The van der Waals surface area contributed by atoms with E-state index in [1.54, 1.807) is 0 Å². The number of benzene rings is 1. The zero-order valence-electron chi connectivity index (χ0n) is 16.4. The Morgan fingerprint density at radius 1 is 1.04 bits per heavy atom. The zero-order valence-corrected chi connectivity index (χ0v) is 16.4. The molecule has 0 bridgehead atoms. The normalized spacial score (nSPS) is 17.5. The van der Waals surface area contributed by atoms with E-state index in [2.05, 4.69) is 16.3 Å². The summed E-state index contributed by atoms with van der Waals surface area (Å²) >= 11 is 0. The molecule has 0 atom stereocenters. The lowest BCUT2D eigenvalue weighted by molar-refractivity contribution is -0.136. The molecule has 148 valence electrons. The van der Waals surface area contributed by atoms with Gasteiger partial charge in [0.2, 0.25) is 11.8 Å². The minimum atomic E-state index is -0.484. The van der Waals surface area contributed by atoms with Gasteiger partial charge in [0, 0.05) is 38.1 Å². The van der Waals surface area contributed by atoms with Gasteiger partial charge in [-0.15, -0.1) is 0 Å². The van der Waals surface area contributed by atoms with Gasteiger partial charge in [0.25, 0.3) is 0 Å². The van der Waals surface area contributed by atoms with Crippen molar-refractivity contribution in [2.24, 2.45) is 5.41 Å². The third kappa shape index (κ3) is 5.13. The lowest BCUT2D eigenvalue weighted by atomic mass is 9.96. The van der Waals surface area contributed by atoms with Crippen LogP contribution >= 0.6 is 0 Å². The maximum atomic E-state index is 12.3. The molecule has 0 spiro atoms. The van der Waals surface area contributed by atoms with Crippen LogP contribution in [0.5, 0.6) is 11.5 Å². The number of carbonyl (C=O) groups is 2. The Morgan fingerprint density at radius 2 is 1.70 bits per heavy atom. The summed E-state index contributed by atoms with van der Waals surface area (Å²) in [6, 6.07) is 6.06. The van der Waals surface area contributed by atoms with E-state index in [9.17, 15) is 9.59 Å². The fourth-order valence-corrected chi connectivity index (χ4v) is 3.13. The van der Waals surface area contributed by atoms with Gasteiger partial charge in [-0.3, -0.25) is 14.5 Å². The van der Waals surface area contributed by atoms with Crippen LogP contribution in [-0.2, 0) is 16.1 Å². The molecule has 1 N–H and O–H groups in total. The first kappa shape index (κ1) is 19.5. The number of hydrogen-bond donors (Lipinski definition) is 1. The molecule has 7 heteroatoms. The molecule has 3 rings (SSSR count). The van der Waals surface area contributed by atoms with Crippen LogP contribution in [-0.4, -0.2) is 67.6 Å². The number of rotatable bonds is 4. The molecule has 0 radical (unpaired) electrons. The van der Waals surface area contributed by atoms with E-state index in [4.69, 9.17) is 9.47 Å². The fourth-order valence-electron chi connectivity index (χ4n) is 3.13. The van der Waals surface area contributed by atoms with E-state index in [1.165, 1.54) is 5.56 Å². The number of fused-ring (bicyclic) bond motifs is 1. The topological polar surface area (TPSA) is 71.1 Å². The summed E-state index contributed by atoms with van der Waals surface area (Å²) in [6.45, 7) is 10.6. The van der Waals surface area contributed by atoms with Crippen LogP contribution in [0.3, 0.4) is 0 Å². The Hall–Kier alpha value is -2.28. The highest BCUT2D eigenvalue weighted by Gasteiger charge is 2.25. The average Bonchev–Trinajstić information content (AvgIpc) is 2.65. The van der Waals surface area contributed by atoms with E-state index in [0.29, 0.717) is 26.3 Å². The van der Waals surface area contributed by atoms with Gasteiger partial charge in [-0.1, -0.05) is 26.8 Å². The van der Waals surface area contributed by atoms with Gasteiger partial charge in [0.05, 0.1) is 6.54 Å². The molecule has 27 heavy (non-hydrogen) atoms. The molecule has 0 saturated carbocycles. The van der Waals surface area contributed by atoms with Crippen molar-refractivity contribution in [3.05, 3.63) is 23.8 Å². The molecule has 2 heterocycles. The van der Waals surface area contributed by atoms with Gasteiger partial charge in [0.15, 0.2) is 11.5 Å². The van der Waals surface area contributed by atoms with Gasteiger partial charge in [-0.05, 0) is 17.7 Å². The van der Waals surface area contributed by atoms with Crippen molar-refractivity contribution in [2.75, 3.05) is 45.9 Å². The van der Waals surface area contributed by atoms with Crippen molar-refractivity contribution in [3.63, 3.8) is 0 Å². The van der Waals surface area contributed by atoms with Crippen LogP contribution in [0.15, 0.2) is 18.2 Å². The average molecular weight is 375 g/mol. The van der Waals surface area contributed by atoms with Crippen molar-refractivity contribution in [1.29, 1.82) is 0 Å². The van der Waals surface area contributed by atoms with E-state index >= 15 is 0 Å². The smallest absolute Gasteiger partial charge is 0.242 e. The summed E-state index contributed by atoms with van der Waals surface area (Å²) in [7, 11) is 0.